The summed E-state index contributed by atoms with van der Waals surface area (Å²) in [6.45, 7) is 1.84. The lowest BCUT2D eigenvalue weighted by Crippen LogP contribution is -2.50. The summed E-state index contributed by atoms with van der Waals surface area (Å²) in [6, 6.07) is 10.4. The molecule has 2 aliphatic rings. The second kappa shape index (κ2) is 11.8. The summed E-state index contributed by atoms with van der Waals surface area (Å²) < 4.78 is 70.3. The molecule has 0 aromatic heterocycles. The van der Waals surface area contributed by atoms with Crippen molar-refractivity contribution in [3.05, 3.63) is 64.7 Å². The van der Waals surface area contributed by atoms with Crippen LogP contribution in [0.4, 0.5) is 13.2 Å². The quantitative estimate of drug-likeness (QED) is 0.457. The van der Waals surface area contributed by atoms with Crippen molar-refractivity contribution in [1.29, 1.82) is 0 Å². The molecule has 10 nitrogen and oxygen atoms in total. The SMILES string of the molecule is Cc1ccc(C(=O)N(C)CCO)cc1CCS(=O)(=O)N1CCC2(CC1)N=C(c1ccccc1OC(F)(F)F)NC2=O. The van der Waals surface area contributed by atoms with Crippen molar-refractivity contribution in [2.45, 2.75) is 38.1 Å². The first-order chi connectivity index (χ1) is 19.2. The number of amides is 2. The maximum atomic E-state index is 13.2. The van der Waals surface area contributed by atoms with Crippen LogP contribution in [0.25, 0.3) is 0 Å². The standard InChI is InChI=1S/C27H31F3N4O6S/c1-18-7-8-20(24(36)33(2)14-15-35)17-19(18)9-16-41(38,39)34-12-10-26(11-13-34)25(37)31-23(32-26)21-5-3-4-6-22(21)40-27(28,29)30/h3-8,17,35H,9-16H2,1-2H3,(H,31,32,37). The number of alkyl halides is 3. The number of aryl methyl sites for hydroxylation is 2. The summed E-state index contributed by atoms with van der Waals surface area (Å²) in [6.07, 6.45) is -4.64. The van der Waals surface area contributed by atoms with E-state index in [-0.39, 0.29) is 68.6 Å². The number of aliphatic imine (C=N–C) groups is 1. The van der Waals surface area contributed by atoms with Gasteiger partial charge in [-0.2, -0.15) is 0 Å². The van der Waals surface area contributed by atoms with E-state index in [1.807, 2.05) is 6.92 Å². The zero-order valence-corrected chi connectivity index (χ0v) is 23.4. The Labute approximate surface area is 235 Å². The minimum Gasteiger partial charge on any atom is -0.405 e. The minimum absolute atomic E-state index is 0.0106. The maximum absolute atomic E-state index is 13.2. The number of hydrogen-bond donors (Lipinski definition) is 2. The van der Waals surface area contributed by atoms with Gasteiger partial charge in [-0.25, -0.2) is 12.7 Å². The Kier molecular flexibility index (Phi) is 8.76. The van der Waals surface area contributed by atoms with Crippen molar-refractivity contribution in [2.75, 3.05) is 39.0 Å². The summed E-state index contributed by atoms with van der Waals surface area (Å²) in [5.74, 6) is -1.56. The van der Waals surface area contributed by atoms with Crippen LogP contribution in [0.5, 0.6) is 5.75 Å². The van der Waals surface area contributed by atoms with Gasteiger partial charge in [0.05, 0.1) is 17.9 Å². The molecule has 0 atom stereocenters. The third-order valence-electron chi connectivity index (χ3n) is 7.30. The van der Waals surface area contributed by atoms with Gasteiger partial charge in [0, 0.05) is 32.2 Å². The summed E-state index contributed by atoms with van der Waals surface area (Å²) in [5, 5.41) is 11.6. The highest BCUT2D eigenvalue weighted by Crippen LogP contribution is 2.34. The molecule has 41 heavy (non-hydrogen) atoms. The number of benzene rings is 2. The van der Waals surface area contributed by atoms with Gasteiger partial charge in [0.1, 0.15) is 17.1 Å². The van der Waals surface area contributed by atoms with Gasteiger partial charge >= 0.3 is 6.36 Å². The molecule has 2 aliphatic heterocycles. The van der Waals surface area contributed by atoms with Gasteiger partial charge in [-0.3, -0.25) is 14.6 Å². The molecule has 2 aromatic carbocycles. The number of piperidine rings is 1. The van der Waals surface area contributed by atoms with E-state index in [0.717, 1.165) is 11.6 Å². The van der Waals surface area contributed by atoms with Crippen LogP contribution in [0.15, 0.2) is 47.5 Å². The number of aliphatic hydroxyl groups is 1. The number of sulfonamides is 1. The zero-order valence-electron chi connectivity index (χ0n) is 22.6. The predicted molar refractivity (Wildman–Crippen MR) is 144 cm³/mol. The van der Waals surface area contributed by atoms with Crippen molar-refractivity contribution < 1.29 is 41.0 Å². The fourth-order valence-electron chi connectivity index (χ4n) is 4.91. The number of amidine groups is 1. The number of carbonyl (C=O) groups is 2. The van der Waals surface area contributed by atoms with Crippen LogP contribution < -0.4 is 10.1 Å². The lowest BCUT2D eigenvalue weighted by molar-refractivity contribution is -0.274. The molecule has 1 spiro atoms. The van der Waals surface area contributed by atoms with Crippen molar-refractivity contribution in [3.63, 3.8) is 0 Å². The Bertz CT molecular complexity index is 1450. The topological polar surface area (TPSA) is 129 Å². The van der Waals surface area contributed by atoms with E-state index in [0.29, 0.717) is 11.1 Å². The van der Waals surface area contributed by atoms with E-state index >= 15 is 0 Å². The second-order valence-electron chi connectivity index (χ2n) is 10.0. The molecule has 2 aromatic rings. The molecule has 222 valence electrons. The van der Waals surface area contributed by atoms with Gasteiger partial charge in [-0.15, -0.1) is 13.2 Å². The highest BCUT2D eigenvalue weighted by Gasteiger charge is 2.48. The highest BCUT2D eigenvalue weighted by atomic mass is 32.2. The van der Waals surface area contributed by atoms with Gasteiger partial charge in [0.2, 0.25) is 10.0 Å². The summed E-state index contributed by atoms with van der Waals surface area (Å²) in [7, 11) is -2.17. The predicted octanol–water partition coefficient (Wildman–Crippen LogP) is 2.24. The van der Waals surface area contributed by atoms with Crippen LogP contribution >= 0.6 is 0 Å². The first-order valence-corrected chi connectivity index (χ1v) is 14.6. The fraction of sp³-hybridized carbons (Fsp3) is 0.444. The first-order valence-electron chi connectivity index (χ1n) is 12.9. The van der Waals surface area contributed by atoms with Crippen LogP contribution in [0, 0.1) is 6.92 Å². The molecule has 2 heterocycles. The Morgan fingerprint density at radius 3 is 2.54 bits per heavy atom. The lowest BCUT2D eigenvalue weighted by Gasteiger charge is -2.34. The molecular weight excluding hydrogens is 565 g/mol. The molecule has 2 N–H and O–H groups in total. The summed E-state index contributed by atoms with van der Waals surface area (Å²) >= 11 is 0. The largest absolute Gasteiger partial charge is 0.573 e. The van der Waals surface area contributed by atoms with Crippen molar-refractivity contribution in [1.82, 2.24) is 14.5 Å². The Morgan fingerprint density at radius 2 is 1.88 bits per heavy atom. The second-order valence-corrected chi connectivity index (χ2v) is 12.1. The number of hydrogen-bond acceptors (Lipinski definition) is 7. The minimum atomic E-state index is -4.93. The van der Waals surface area contributed by atoms with Crippen LogP contribution in [0.3, 0.4) is 0 Å². The Morgan fingerprint density at radius 1 is 1.20 bits per heavy atom. The molecule has 4 rings (SSSR count). The number of likely N-dealkylation sites (N-methyl/N-ethyl adjacent to an activating group) is 1. The molecule has 0 bridgehead atoms. The molecule has 14 heteroatoms. The number of nitrogens with zero attached hydrogens (tertiary/aromatic N) is 3. The summed E-state index contributed by atoms with van der Waals surface area (Å²) in [4.78, 5) is 31.3. The first kappa shape index (κ1) is 30.5. The molecule has 0 radical (unpaired) electrons. The van der Waals surface area contributed by atoms with E-state index in [1.54, 1.807) is 25.2 Å². The average Bonchev–Trinajstić information content (AvgIpc) is 3.22. The van der Waals surface area contributed by atoms with Gasteiger partial charge in [-0.1, -0.05) is 18.2 Å². The van der Waals surface area contributed by atoms with Crippen LogP contribution in [0.2, 0.25) is 0 Å². The molecule has 0 aliphatic carbocycles. The molecule has 1 saturated heterocycles. The highest BCUT2D eigenvalue weighted by molar-refractivity contribution is 7.89. The van der Waals surface area contributed by atoms with Crippen LogP contribution in [-0.4, -0.2) is 91.3 Å². The van der Waals surface area contributed by atoms with Gasteiger partial charge in [0.15, 0.2) is 0 Å². The van der Waals surface area contributed by atoms with E-state index in [1.165, 1.54) is 27.4 Å². The average molecular weight is 597 g/mol. The number of para-hydroxylation sites is 1. The van der Waals surface area contributed by atoms with Gasteiger partial charge in [-0.05, 0) is 61.6 Å². The monoisotopic (exact) mass is 596 g/mol. The third kappa shape index (κ3) is 6.88. The third-order valence-corrected chi connectivity index (χ3v) is 9.17. The zero-order chi connectivity index (χ0) is 30.0. The maximum Gasteiger partial charge on any atom is 0.573 e. The number of rotatable bonds is 9. The van der Waals surface area contributed by atoms with E-state index < -0.39 is 33.6 Å². The normalized spacial score (nSPS) is 17.3. The van der Waals surface area contributed by atoms with Crippen LogP contribution in [-0.2, 0) is 21.2 Å². The number of ether oxygens (including phenoxy) is 1. The number of aliphatic hydroxyl groups excluding tert-OH is 1. The number of halogens is 3. The van der Waals surface area contributed by atoms with E-state index in [2.05, 4.69) is 15.0 Å². The smallest absolute Gasteiger partial charge is 0.405 e. The lowest BCUT2D eigenvalue weighted by atomic mass is 9.89. The van der Waals surface area contributed by atoms with Crippen molar-refractivity contribution >= 4 is 27.7 Å². The molecule has 0 unspecified atom stereocenters. The van der Waals surface area contributed by atoms with Crippen molar-refractivity contribution in [2.24, 2.45) is 4.99 Å². The molecule has 2 amide bonds. The number of carbonyl (C=O) groups excluding carboxylic acids is 2. The number of nitrogens with one attached hydrogen (secondary N) is 1. The summed E-state index contributed by atoms with van der Waals surface area (Å²) in [5.41, 5.74) is 0.608. The molecule has 1 fully saturated rings. The van der Waals surface area contributed by atoms with E-state index in [9.17, 15) is 31.2 Å². The van der Waals surface area contributed by atoms with E-state index in [4.69, 9.17) is 5.11 Å². The van der Waals surface area contributed by atoms with Gasteiger partial charge in [0.25, 0.3) is 11.8 Å². The Hall–Kier alpha value is -3.49. The fourth-order valence-corrected chi connectivity index (χ4v) is 6.38. The van der Waals surface area contributed by atoms with Crippen LogP contribution in [0.1, 0.15) is 39.9 Å². The Balaban J connectivity index is 1.43. The molecular formula is C27H31F3N4O6S. The van der Waals surface area contributed by atoms with Gasteiger partial charge < -0.3 is 20.1 Å². The molecule has 0 saturated carbocycles. The van der Waals surface area contributed by atoms with Crippen molar-refractivity contribution in [3.8, 4) is 5.75 Å².